The van der Waals surface area contributed by atoms with Crippen molar-refractivity contribution < 1.29 is 0 Å². The molecule has 1 heterocycles. The molecule has 1 heteroatoms. The molecule has 0 aliphatic rings. The molecule has 0 aliphatic carbocycles. The van der Waals surface area contributed by atoms with Gasteiger partial charge in [-0.15, -0.1) is 0 Å². The Morgan fingerprint density at radius 1 is 1.33 bits per heavy atom. The molecule has 61 valence electrons. The first-order chi connectivity index (χ1) is 5.92. The summed E-state index contributed by atoms with van der Waals surface area (Å²) in [7, 11) is 0. The van der Waals surface area contributed by atoms with E-state index in [-0.39, 0.29) is 0 Å². The van der Waals surface area contributed by atoms with Crippen molar-refractivity contribution in [1.82, 2.24) is 4.98 Å². The molecule has 0 saturated carbocycles. The monoisotopic (exact) mass is 158 g/mol. The second-order valence-electron chi connectivity index (χ2n) is 2.90. The third kappa shape index (κ3) is 1.11. The molecule has 0 bridgehead atoms. The average molecular weight is 158 g/mol. The summed E-state index contributed by atoms with van der Waals surface area (Å²) in [6.45, 7) is 2.15. The number of aromatic amines is 1. The Balaban J connectivity index is 2.55. The Kier molecular flexibility index (Phi) is 1.86. The van der Waals surface area contributed by atoms with Crippen LogP contribution in [0.3, 0.4) is 0 Å². The van der Waals surface area contributed by atoms with Crippen LogP contribution >= 0.6 is 0 Å². The van der Waals surface area contributed by atoms with E-state index in [2.05, 4.69) is 48.8 Å². The average Bonchev–Trinajstić information content (AvgIpc) is 2.50. The number of hydrogen-bond acceptors (Lipinski definition) is 0. The normalized spacial score (nSPS) is 10.8. The van der Waals surface area contributed by atoms with Crippen LogP contribution in [0.1, 0.15) is 18.9 Å². The Morgan fingerprint density at radius 2 is 2.17 bits per heavy atom. The van der Waals surface area contributed by atoms with Crippen LogP contribution in [0.5, 0.6) is 0 Å². The van der Waals surface area contributed by atoms with E-state index in [1.54, 1.807) is 0 Å². The lowest BCUT2D eigenvalue weighted by atomic mass is 10.1. The summed E-state index contributed by atoms with van der Waals surface area (Å²) >= 11 is 0. The summed E-state index contributed by atoms with van der Waals surface area (Å²) in [6, 6.07) is 8.37. The highest BCUT2D eigenvalue weighted by Crippen LogP contribution is 2.19. The molecular weight excluding hydrogens is 146 g/mol. The van der Waals surface area contributed by atoms with Gasteiger partial charge in [0.05, 0.1) is 0 Å². The van der Waals surface area contributed by atoms with E-state index in [9.17, 15) is 0 Å². The number of rotatable bonds is 2. The summed E-state index contributed by atoms with van der Waals surface area (Å²) in [5.41, 5.74) is 2.53. The third-order valence-electron chi connectivity index (χ3n) is 2.05. The Labute approximate surface area is 72.4 Å². The van der Waals surface area contributed by atoms with Crippen LogP contribution in [0.2, 0.25) is 0 Å². The molecule has 0 amide bonds. The largest absolute Gasteiger partial charge is 0.361 e. The van der Waals surface area contributed by atoms with E-state index in [0.29, 0.717) is 0 Å². The van der Waals surface area contributed by atoms with Crippen molar-refractivity contribution in [3.8, 4) is 0 Å². The van der Waals surface area contributed by atoms with Gasteiger partial charge in [0.1, 0.15) is 0 Å². The molecule has 2 aromatic rings. The quantitative estimate of drug-likeness (QED) is 0.691. The van der Waals surface area contributed by atoms with E-state index >= 15 is 0 Å². The first-order valence-electron chi connectivity index (χ1n) is 4.31. The Hall–Kier alpha value is -1.24. The maximum Gasteiger partial charge on any atom is 0.0456 e. The van der Waals surface area contributed by atoms with Gasteiger partial charge in [0.15, 0.2) is 0 Å². The van der Waals surface area contributed by atoms with Gasteiger partial charge in [-0.1, -0.05) is 25.1 Å². The summed E-state index contributed by atoms with van der Waals surface area (Å²) < 4.78 is 0. The van der Waals surface area contributed by atoms with E-state index in [4.69, 9.17) is 0 Å². The van der Waals surface area contributed by atoms with Crippen LogP contribution < -0.4 is 0 Å². The van der Waals surface area contributed by atoms with Crippen molar-refractivity contribution in [2.24, 2.45) is 0 Å². The van der Waals surface area contributed by atoms with Crippen LogP contribution in [0.4, 0.5) is 0 Å². The van der Waals surface area contributed by atoms with Gasteiger partial charge in [-0.25, -0.2) is 0 Å². The number of nitrogens with one attached hydrogen (secondary N) is 1. The van der Waals surface area contributed by atoms with Gasteiger partial charge in [-0.3, -0.25) is 0 Å². The van der Waals surface area contributed by atoms with Gasteiger partial charge in [-0.05, 0) is 24.5 Å². The second kappa shape index (κ2) is 3.02. The molecule has 1 aromatic heterocycles. The van der Waals surface area contributed by atoms with Crippen LogP contribution in [-0.4, -0.2) is 4.98 Å². The highest BCUT2D eigenvalue weighted by Gasteiger charge is 2.00. The SMILES string of the molecule is CC[CH]c1c[nH]c2ccccc12. The van der Waals surface area contributed by atoms with Gasteiger partial charge < -0.3 is 4.98 Å². The number of fused-ring (bicyclic) bond motifs is 1. The van der Waals surface area contributed by atoms with E-state index < -0.39 is 0 Å². The first-order valence-corrected chi connectivity index (χ1v) is 4.31. The molecule has 1 N–H and O–H groups in total. The number of para-hydroxylation sites is 1. The van der Waals surface area contributed by atoms with E-state index in [0.717, 1.165) is 6.42 Å². The van der Waals surface area contributed by atoms with Crippen LogP contribution in [0.25, 0.3) is 10.9 Å². The fourth-order valence-corrected chi connectivity index (χ4v) is 1.48. The van der Waals surface area contributed by atoms with Gasteiger partial charge in [0.25, 0.3) is 0 Å². The molecule has 0 saturated heterocycles. The highest BCUT2D eigenvalue weighted by molar-refractivity contribution is 5.84. The molecular formula is C11H12N. The van der Waals surface area contributed by atoms with Crippen molar-refractivity contribution >= 4 is 10.9 Å². The maximum atomic E-state index is 3.24. The fourth-order valence-electron chi connectivity index (χ4n) is 1.48. The number of aromatic nitrogens is 1. The topological polar surface area (TPSA) is 15.8 Å². The predicted octanol–water partition coefficient (Wildman–Crippen LogP) is 3.13. The predicted molar refractivity (Wildman–Crippen MR) is 52.0 cm³/mol. The lowest BCUT2D eigenvalue weighted by Crippen LogP contribution is -1.74. The number of hydrogen-bond donors (Lipinski definition) is 1. The standard InChI is InChI=1S/C11H12N/c1-2-5-9-8-12-11-7-4-3-6-10(9)11/h3-8,12H,2H2,1H3. The zero-order valence-electron chi connectivity index (χ0n) is 7.17. The molecule has 0 spiro atoms. The van der Waals surface area contributed by atoms with Gasteiger partial charge in [0, 0.05) is 17.1 Å². The molecule has 0 fully saturated rings. The molecule has 2 rings (SSSR count). The molecule has 1 radical (unpaired) electrons. The first kappa shape index (κ1) is 7.41. The fraction of sp³-hybridized carbons (Fsp3) is 0.182. The lowest BCUT2D eigenvalue weighted by molar-refractivity contribution is 1.13. The summed E-state index contributed by atoms with van der Waals surface area (Å²) in [4.78, 5) is 3.24. The zero-order valence-corrected chi connectivity index (χ0v) is 7.17. The zero-order chi connectivity index (χ0) is 8.39. The minimum absolute atomic E-state index is 1.09. The van der Waals surface area contributed by atoms with Crippen molar-refractivity contribution in [3.05, 3.63) is 42.4 Å². The molecule has 1 nitrogen and oxygen atoms in total. The van der Waals surface area contributed by atoms with Crippen molar-refractivity contribution in [2.75, 3.05) is 0 Å². The van der Waals surface area contributed by atoms with Gasteiger partial charge in [0.2, 0.25) is 0 Å². The van der Waals surface area contributed by atoms with Crippen LogP contribution in [0, 0.1) is 6.42 Å². The molecule has 12 heavy (non-hydrogen) atoms. The Morgan fingerprint density at radius 3 is 3.00 bits per heavy atom. The second-order valence-corrected chi connectivity index (χ2v) is 2.90. The van der Waals surface area contributed by atoms with E-state index in [1.165, 1.54) is 16.5 Å². The summed E-state index contributed by atoms with van der Waals surface area (Å²) in [6.07, 6.45) is 5.38. The lowest BCUT2D eigenvalue weighted by Gasteiger charge is -1.93. The highest BCUT2D eigenvalue weighted by atomic mass is 14.7. The molecule has 0 aliphatic heterocycles. The number of H-pyrrole nitrogens is 1. The van der Waals surface area contributed by atoms with Gasteiger partial charge >= 0.3 is 0 Å². The minimum atomic E-state index is 1.09. The summed E-state index contributed by atoms with van der Waals surface area (Å²) in [5, 5.41) is 1.32. The van der Waals surface area contributed by atoms with Crippen LogP contribution in [0.15, 0.2) is 30.5 Å². The maximum absolute atomic E-state index is 3.24. The third-order valence-corrected chi connectivity index (χ3v) is 2.05. The van der Waals surface area contributed by atoms with Crippen molar-refractivity contribution in [3.63, 3.8) is 0 Å². The minimum Gasteiger partial charge on any atom is -0.361 e. The van der Waals surface area contributed by atoms with Crippen LogP contribution in [-0.2, 0) is 0 Å². The van der Waals surface area contributed by atoms with Gasteiger partial charge in [-0.2, -0.15) is 0 Å². The van der Waals surface area contributed by atoms with Crippen molar-refractivity contribution in [1.29, 1.82) is 0 Å². The van der Waals surface area contributed by atoms with E-state index in [1.807, 2.05) is 0 Å². The molecule has 0 unspecified atom stereocenters. The van der Waals surface area contributed by atoms with Crippen molar-refractivity contribution in [2.45, 2.75) is 13.3 Å². The summed E-state index contributed by atoms with van der Waals surface area (Å²) in [5.74, 6) is 0. The number of benzene rings is 1. The molecule has 0 atom stereocenters. The smallest absolute Gasteiger partial charge is 0.0456 e. The molecule has 1 aromatic carbocycles. The Bertz CT molecular complexity index is 373.